The molecule has 0 fully saturated rings. The Labute approximate surface area is 185 Å². The molecule has 2 heterocycles. The van der Waals surface area contributed by atoms with Crippen molar-refractivity contribution >= 4 is 28.9 Å². The zero-order valence-corrected chi connectivity index (χ0v) is 18.1. The molecule has 0 saturated heterocycles. The minimum Gasteiger partial charge on any atom is -0.368 e. The van der Waals surface area contributed by atoms with Crippen LogP contribution in [0.2, 0.25) is 0 Å². The maximum atomic E-state index is 13.1. The highest BCUT2D eigenvalue weighted by atomic mass is 16.5. The van der Waals surface area contributed by atoms with E-state index < -0.39 is 17.9 Å². The molecule has 0 spiro atoms. The summed E-state index contributed by atoms with van der Waals surface area (Å²) in [7, 11) is 0. The van der Waals surface area contributed by atoms with Gasteiger partial charge in [-0.1, -0.05) is 49.3 Å². The Hall–Kier alpha value is -4.01. The van der Waals surface area contributed by atoms with Gasteiger partial charge in [-0.15, -0.1) is 0 Å². The van der Waals surface area contributed by atoms with Crippen molar-refractivity contribution in [2.45, 2.75) is 39.2 Å². The van der Waals surface area contributed by atoms with Gasteiger partial charge in [-0.3, -0.25) is 14.6 Å². The number of hydrogen-bond acceptors (Lipinski definition) is 7. The lowest BCUT2D eigenvalue weighted by Crippen LogP contribution is -2.39. The van der Waals surface area contributed by atoms with Crippen LogP contribution in [0.4, 0.5) is 11.4 Å². The van der Waals surface area contributed by atoms with E-state index in [1.54, 1.807) is 6.07 Å². The monoisotopic (exact) mass is 432 g/mol. The smallest absolute Gasteiger partial charge is 0.271 e. The first kappa shape index (κ1) is 21.2. The molecule has 0 radical (unpaired) electrons. The molecule has 9 nitrogen and oxygen atoms in total. The molecule has 1 aliphatic heterocycles. The van der Waals surface area contributed by atoms with Crippen LogP contribution < -0.4 is 16.1 Å². The van der Waals surface area contributed by atoms with E-state index in [0.717, 1.165) is 5.56 Å². The highest BCUT2D eigenvalue weighted by Crippen LogP contribution is 2.31. The number of hydrazone groups is 1. The lowest BCUT2D eigenvalue weighted by Gasteiger charge is -2.20. The fourth-order valence-electron chi connectivity index (χ4n) is 3.46. The number of nitrogens with two attached hydrogens (primary N) is 1. The van der Waals surface area contributed by atoms with Crippen LogP contribution in [0.5, 0.6) is 0 Å². The number of aryl methyl sites for hydroxylation is 1. The number of nitrogens with zero attached hydrogens (tertiary/aromatic N) is 4. The van der Waals surface area contributed by atoms with E-state index >= 15 is 0 Å². The van der Waals surface area contributed by atoms with E-state index in [1.807, 2.05) is 63.2 Å². The molecule has 0 saturated carbocycles. The van der Waals surface area contributed by atoms with Gasteiger partial charge in [0.25, 0.3) is 11.8 Å². The molecule has 3 N–H and O–H groups in total. The summed E-state index contributed by atoms with van der Waals surface area (Å²) in [6.07, 6.45) is 0.106. The van der Waals surface area contributed by atoms with E-state index in [4.69, 9.17) is 10.3 Å². The second-order valence-electron chi connectivity index (χ2n) is 7.91. The zero-order chi connectivity index (χ0) is 22.8. The van der Waals surface area contributed by atoms with Crippen molar-refractivity contribution < 1.29 is 14.1 Å². The quantitative estimate of drug-likeness (QED) is 0.616. The van der Waals surface area contributed by atoms with Crippen LogP contribution >= 0.6 is 0 Å². The SMILES string of the molecule is Cc1cccc(-c2nc(C(C)C)no2)c1NC(=O)C1=NN(c2ccccc2)C(C(N)=O)C1. The third kappa shape index (κ3) is 4.09. The van der Waals surface area contributed by atoms with Crippen molar-refractivity contribution in [2.24, 2.45) is 10.8 Å². The summed E-state index contributed by atoms with van der Waals surface area (Å²) in [5.74, 6) is 0.0412. The van der Waals surface area contributed by atoms with Crippen LogP contribution in [0.15, 0.2) is 58.2 Å². The molecular weight excluding hydrogens is 408 g/mol. The second-order valence-corrected chi connectivity index (χ2v) is 7.91. The summed E-state index contributed by atoms with van der Waals surface area (Å²) in [6, 6.07) is 13.9. The Bertz CT molecular complexity index is 1190. The van der Waals surface area contributed by atoms with Gasteiger partial charge in [-0.05, 0) is 30.7 Å². The molecule has 1 aliphatic rings. The topological polar surface area (TPSA) is 127 Å². The summed E-state index contributed by atoms with van der Waals surface area (Å²) in [6.45, 7) is 5.82. The van der Waals surface area contributed by atoms with E-state index in [2.05, 4.69) is 20.6 Å². The van der Waals surface area contributed by atoms with Crippen molar-refractivity contribution in [3.63, 3.8) is 0 Å². The molecule has 2 amide bonds. The third-order valence-electron chi connectivity index (χ3n) is 5.22. The maximum absolute atomic E-state index is 13.1. The van der Waals surface area contributed by atoms with Crippen molar-refractivity contribution in [3.8, 4) is 11.5 Å². The minimum atomic E-state index is -0.737. The number of carbonyl (C=O) groups is 2. The number of hydrogen-bond donors (Lipinski definition) is 2. The molecule has 0 bridgehead atoms. The number of anilines is 2. The van der Waals surface area contributed by atoms with Gasteiger partial charge in [-0.2, -0.15) is 10.1 Å². The summed E-state index contributed by atoms with van der Waals surface area (Å²) < 4.78 is 5.43. The van der Waals surface area contributed by atoms with E-state index in [1.165, 1.54) is 5.01 Å². The summed E-state index contributed by atoms with van der Waals surface area (Å²) in [5.41, 5.74) is 8.46. The van der Waals surface area contributed by atoms with E-state index in [0.29, 0.717) is 28.7 Å². The lowest BCUT2D eigenvalue weighted by atomic mass is 10.1. The lowest BCUT2D eigenvalue weighted by molar-refractivity contribution is -0.119. The average Bonchev–Trinajstić information content (AvgIpc) is 3.44. The predicted molar refractivity (Wildman–Crippen MR) is 121 cm³/mol. The number of primary amides is 1. The Balaban J connectivity index is 1.63. The molecule has 4 rings (SSSR count). The highest BCUT2D eigenvalue weighted by Gasteiger charge is 2.35. The summed E-state index contributed by atoms with van der Waals surface area (Å²) in [4.78, 5) is 29.6. The molecule has 1 unspecified atom stereocenters. The van der Waals surface area contributed by atoms with Gasteiger partial charge in [0, 0.05) is 12.3 Å². The number of carbonyl (C=O) groups excluding carboxylic acids is 2. The number of para-hydroxylation sites is 2. The van der Waals surface area contributed by atoms with E-state index in [9.17, 15) is 9.59 Å². The number of benzene rings is 2. The van der Waals surface area contributed by atoms with Gasteiger partial charge in [0.05, 0.1) is 16.9 Å². The van der Waals surface area contributed by atoms with Crippen LogP contribution in [0.1, 0.15) is 37.6 Å². The third-order valence-corrected chi connectivity index (χ3v) is 5.22. The van der Waals surface area contributed by atoms with Crippen LogP contribution in [0, 0.1) is 6.92 Å². The Morgan fingerprint density at radius 3 is 2.56 bits per heavy atom. The Kier molecular flexibility index (Phi) is 5.72. The Morgan fingerprint density at radius 2 is 1.91 bits per heavy atom. The average molecular weight is 432 g/mol. The van der Waals surface area contributed by atoms with Crippen LogP contribution in [-0.2, 0) is 9.59 Å². The zero-order valence-electron chi connectivity index (χ0n) is 18.1. The van der Waals surface area contributed by atoms with Gasteiger partial charge in [0.2, 0.25) is 5.91 Å². The first-order valence-corrected chi connectivity index (χ1v) is 10.3. The normalized spacial score (nSPS) is 15.7. The molecule has 0 aliphatic carbocycles. The fourth-order valence-corrected chi connectivity index (χ4v) is 3.46. The van der Waals surface area contributed by atoms with Crippen molar-refractivity contribution in [2.75, 3.05) is 10.3 Å². The first-order chi connectivity index (χ1) is 15.3. The van der Waals surface area contributed by atoms with Crippen molar-refractivity contribution in [1.29, 1.82) is 0 Å². The molecule has 2 aromatic carbocycles. The van der Waals surface area contributed by atoms with Crippen molar-refractivity contribution in [3.05, 3.63) is 59.9 Å². The second kappa shape index (κ2) is 8.62. The van der Waals surface area contributed by atoms with Crippen LogP contribution in [0.3, 0.4) is 0 Å². The number of amides is 2. The molecule has 9 heteroatoms. The summed E-state index contributed by atoms with van der Waals surface area (Å²) in [5, 5.41) is 12.8. The number of rotatable bonds is 6. The fraction of sp³-hybridized carbons (Fsp3) is 0.261. The molecular formula is C23H24N6O3. The predicted octanol–water partition coefficient (Wildman–Crippen LogP) is 3.23. The largest absolute Gasteiger partial charge is 0.368 e. The molecule has 32 heavy (non-hydrogen) atoms. The Morgan fingerprint density at radius 1 is 1.16 bits per heavy atom. The van der Waals surface area contributed by atoms with Gasteiger partial charge >= 0.3 is 0 Å². The van der Waals surface area contributed by atoms with Crippen LogP contribution in [-0.4, -0.2) is 33.7 Å². The molecule has 1 aromatic heterocycles. The standard InChI is InChI=1S/C23H24N6O3/c1-13(2)21-26-23(32-28-21)16-11-7-8-14(3)19(16)25-22(31)17-12-18(20(24)30)29(27-17)15-9-5-4-6-10-15/h4-11,13,18H,12H2,1-3H3,(H2,24,30)(H,25,31). The minimum absolute atomic E-state index is 0.106. The first-order valence-electron chi connectivity index (χ1n) is 10.3. The summed E-state index contributed by atoms with van der Waals surface area (Å²) >= 11 is 0. The van der Waals surface area contributed by atoms with Gasteiger partial charge in [0.15, 0.2) is 5.82 Å². The van der Waals surface area contributed by atoms with Gasteiger partial charge < -0.3 is 15.6 Å². The van der Waals surface area contributed by atoms with Crippen LogP contribution in [0.25, 0.3) is 11.5 Å². The van der Waals surface area contributed by atoms with Crippen molar-refractivity contribution in [1.82, 2.24) is 10.1 Å². The number of nitrogens with one attached hydrogen (secondary N) is 1. The molecule has 3 aromatic rings. The van der Waals surface area contributed by atoms with Gasteiger partial charge in [0.1, 0.15) is 11.8 Å². The molecule has 1 atom stereocenters. The highest BCUT2D eigenvalue weighted by molar-refractivity contribution is 6.44. The maximum Gasteiger partial charge on any atom is 0.271 e. The number of aromatic nitrogens is 2. The molecule has 164 valence electrons. The van der Waals surface area contributed by atoms with Gasteiger partial charge in [-0.25, -0.2) is 0 Å². The van der Waals surface area contributed by atoms with E-state index in [-0.39, 0.29) is 18.1 Å².